The zero-order valence-corrected chi connectivity index (χ0v) is 10.8. The number of carbonyl (C=O) groups is 2. The summed E-state index contributed by atoms with van der Waals surface area (Å²) in [6, 6.07) is 0. The van der Waals surface area contributed by atoms with E-state index in [1.165, 1.54) is 0 Å². The Kier molecular flexibility index (Phi) is 11.3. The van der Waals surface area contributed by atoms with Crippen LogP contribution >= 0.6 is 0 Å². The maximum atomic E-state index is 11.3. The molecule has 0 atom stereocenters. The molecular formula is C11H25N3O2. The SMILES string of the molecule is CCN(CC)C(=O)CC(C)C.NCC(N)=O. The van der Waals surface area contributed by atoms with Crippen molar-refractivity contribution in [3.63, 3.8) is 0 Å². The molecule has 0 rings (SSSR count). The molecule has 0 aliphatic rings. The number of nitrogens with zero attached hydrogens (tertiary/aromatic N) is 1. The first-order valence-electron chi connectivity index (χ1n) is 5.65. The molecule has 0 unspecified atom stereocenters. The third-order valence-electron chi connectivity index (χ3n) is 1.90. The zero-order valence-electron chi connectivity index (χ0n) is 10.8. The molecule has 0 aromatic carbocycles. The Morgan fingerprint density at radius 2 is 1.56 bits per heavy atom. The van der Waals surface area contributed by atoms with E-state index in [1.807, 2.05) is 18.7 Å². The number of hydrogen-bond acceptors (Lipinski definition) is 3. The highest BCUT2D eigenvalue weighted by Gasteiger charge is 2.10. The van der Waals surface area contributed by atoms with Gasteiger partial charge in [0.25, 0.3) is 0 Å². The van der Waals surface area contributed by atoms with Gasteiger partial charge < -0.3 is 16.4 Å². The minimum absolute atomic E-state index is 0.0556. The molecule has 2 amide bonds. The van der Waals surface area contributed by atoms with Crippen molar-refractivity contribution in [1.82, 2.24) is 4.90 Å². The lowest BCUT2D eigenvalue weighted by atomic mass is 10.1. The first-order chi connectivity index (χ1) is 7.38. The predicted octanol–water partition coefficient (Wildman–Crippen LogP) is 0.331. The molecular weight excluding hydrogens is 206 g/mol. The van der Waals surface area contributed by atoms with Gasteiger partial charge >= 0.3 is 0 Å². The molecule has 4 N–H and O–H groups in total. The number of primary amides is 1. The lowest BCUT2D eigenvalue weighted by molar-refractivity contribution is -0.131. The van der Waals surface area contributed by atoms with Gasteiger partial charge in [-0.1, -0.05) is 13.8 Å². The van der Waals surface area contributed by atoms with Gasteiger partial charge in [-0.05, 0) is 19.8 Å². The van der Waals surface area contributed by atoms with Gasteiger partial charge in [0.1, 0.15) is 0 Å². The minimum Gasteiger partial charge on any atom is -0.369 e. The molecule has 0 bridgehead atoms. The average Bonchev–Trinajstić information content (AvgIpc) is 2.19. The van der Waals surface area contributed by atoms with Crippen molar-refractivity contribution in [3.05, 3.63) is 0 Å². The van der Waals surface area contributed by atoms with Gasteiger partial charge in [0.2, 0.25) is 11.8 Å². The molecule has 16 heavy (non-hydrogen) atoms. The molecule has 0 aliphatic carbocycles. The highest BCUT2D eigenvalue weighted by molar-refractivity contribution is 5.76. The second-order valence-corrected chi connectivity index (χ2v) is 3.83. The fourth-order valence-corrected chi connectivity index (χ4v) is 1.05. The summed E-state index contributed by atoms with van der Waals surface area (Å²) in [7, 11) is 0. The Bertz CT molecular complexity index is 201. The van der Waals surface area contributed by atoms with Crippen LogP contribution in [0.15, 0.2) is 0 Å². The highest BCUT2D eigenvalue weighted by Crippen LogP contribution is 2.03. The molecule has 0 saturated heterocycles. The third kappa shape index (κ3) is 11.0. The topological polar surface area (TPSA) is 89.4 Å². The van der Waals surface area contributed by atoms with Crippen molar-refractivity contribution >= 4 is 11.8 Å². The zero-order chi connectivity index (χ0) is 13.1. The summed E-state index contributed by atoms with van der Waals surface area (Å²) in [5, 5.41) is 0. The van der Waals surface area contributed by atoms with Gasteiger partial charge in [-0.15, -0.1) is 0 Å². The molecule has 96 valence electrons. The van der Waals surface area contributed by atoms with Crippen LogP contribution in [0.1, 0.15) is 34.1 Å². The van der Waals surface area contributed by atoms with Crippen LogP contribution in [-0.4, -0.2) is 36.3 Å². The van der Waals surface area contributed by atoms with Crippen LogP contribution in [0, 0.1) is 5.92 Å². The molecule has 0 fully saturated rings. The summed E-state index contributed by atoms with van der Waals surface area (Å²) < 4.78 is 0. The number of hydrogen-bond donors (Lipinski definition) is 2. The highest BCUT2D eigenvalue weighted by atomic mass is 16.2. The van der Waals surface area contributed by atoms with Gasteiger partial charge in [-0.3, -0.25) is 9.59 Å². The number of rotatable bonds is 5. The van der Waals surface area contributed by atoms with Crippen LogP contribution in [0.2, 0.25) is 0 Å². The van der Waals surface area contributed by atoms with Crippen molar-refractivity contribution in [2.75, 3.05) is 19.6 Å². The van der Waals surface area contributed by atoms with Gasteiger partial charge in [-0.2, -0.15) is 0 Å². The molecule has 0 saturated carbocycles. The van der Waals surface area contributed by atoms with Crippen molar-refractivity contribution < 1.29 is 9.59 Å². The maximum Gasteiger partial charge on any atom is 0.231 e. The van der Waals surface area contributed by atoms with Crippen molar-refractivity contribution in [1.29, 1.82) is 0 Å². The summed E-state index contributed by atoms with van der Waals surface area (Å²) in [6.07, 6.45) is 0.682. The third-order valence-corrected chi connectivity index (χ3v) is 1.90. The van der Waals surface area contributed by atoms with Gasteiger partial charge in [0, 0.05) is 19.5 Å². The first-order valence-corrected chi connectivity index (χ1v) is 5.65. The van der Waals surface area contributed by atoms with Gasteiger partial charge in [0.05, 0.1) is 6.54 Å². The second-order valence-electron chi connectivity index (χ2n) is 3.83. The van der Waals surface area contributed by atoms with E-state index in [9.17, 15) is 9.59 Å². The lowest BCUT2D eigenvalue weighted by Gasteiger charge is -2.19. The summed E-state index contributed by atoms with van der Waals surface area (Å²) in [4.78, 5) is 22.7. The number of carbonyl (C=O) groups excluding carboxylic acids is 2. The van der Waals surface area contributed by atoms with E-state index in [0.29, 0.717) is 12.3 Å². The van der Waals surface area contributed by atoms with E-state index in [1.54, 1.807) is 0 Å². The van der Waals surface area contributed by atoms with Crippen molar-refractivity contribution in [2.24, 2.45) is 17.4 Å². The first kappa shape index (κ1) is 17.3. The maximum absolute atomic E-state index is 11.3. The van der Waals surface area contributed by atoms with Crippen LogP contribution in [0.25, 0.3) is 0 Å². The molecule has 0 aromatic rings. The Labute approximate surface area is 98.2 Å². The van der Waals surface area contributed by atoms with Crippen LogP contribution < -0.4 is 11.5 Å². The Hall–Kier alpha value is -1.10. The van der Waals surface area contributed by atoms with E-state index in [-0.39, 0.29) is 12.5 Å². The van der Waals surface area contributed by atoms with E-state index in [0.717, 1.165) is 13.1 Å². The number of amides is 2. The summed E-state index contributed by atoms with van der Waals surface area (Å²) >= 11 is 0. The molecule has 5 heteroatoms. The number of nitrogens with two attached hydrogens (primary N) is 2. The largest absolute Gasteiger partial charge is 0.369 e. The van der Waals surface area contributed by atoms with Crippen LogP contribution in [0.3, 0.4) is 0 Å². The van der Waals surface area contributed by atoms with Crippen molar-refractivity contribution in [2.45, 2.75) is 34.1 Å². The van der Waals surface area contributed by atoms with E-state index >= 15 is 0 Å². The lowest BCUT2D eigenvalue weighted by Crippen LogP contribution is -2.31. The van der Waals surface area contributed by atoms with E-state index in [2.05, 4.69) is 19.6 Å². The quantitative estimate of drug-likeness (QED) is 0.714. The Balaban J connectivity index is 0. The smallest absolute Gasteiger partial charge is 0.231 e. The van der Waals surface area contributed by atoms with E-state index < -0.39 is 5.91 Å². The van der Waals surface area contributed by atoms with Crippen LogP contribution in [0.5, 0.6) is 0 Å². The van der Waals surface area contributed by atoms with Gasteiger partial charge in [-0.25, -0.2) is 0 Å². The fraction of sp³-hybridized carbons (Fsp3) is 0.818. The van der Waals surface area contributed by atoms with Crippen molar-refractivity contribution in [3.8, 4) is 0 Å². The molecule has 0 aromatic heterocycles. The predicted molar refractivity (Wildman–Crippen MR) is 65.6 cm³/mol. The van der Waals surface area contributed by atoms with Crippen LogP contribution in [-0.2, 0) is 9.59 Å². The molecule has 0 radical (unpaired) electrons. The Morgan fingerprint density at radius 1 is 1.19 bits per heavy atom. The van der Waals surface area contributed by atoms with Gasteiger partial charge in [0.15, 0.2) is 0 Å². The normalized spacial score (nSPS) is 9.38. The molecule has 0 spiro atoms. The standard InChI is InChI=1S/C9H19NO.C2H6N2O/c1-5-10(6-2)9(11)7-8(3)4;3-1-2(4)5/h8H,5-7H2,1-4H3;1,3H2,(H2,4,5). The Morgan fingerprint density at radius 3 is 1.75 bits per heavy atom. The molecule has 0 heterocycles. The fourth-order valence-electron chi connectivity index (χ4n) is 1.05. The van der Waals surface area contributed by atoms with Crippen LogP contribution in [0.4, 0.5) is 0 Å². The average molecular weight is 231 g/mol. The summed E-state index contributed by atoms with van der Waals surface area (Å²) in [5.41, 5.74) is 9.22. The second kappa shape index (κ2) is 10.4. The monoisotopic (exact) mass is 231 g/mol. The molecule has 5 nitrogen and oxygen atoms in total. The van der Waals surface area contributed by atoms with E-state index in [4.69, 9.17) is 5.73 Å². The summed E-state index contributed by atoms with van der Waals surface area (Å²) in [6.45, 7) is 9.79. The molecule has 0 aliphatic heterocycles. The summed E-state index contributed by atoms with van der Waals surface area (Å²) in [5.74, 6) is 0.290. The minimum atomic E-state index is -0.468.